The molecule has 2 aromatic rings. The van der Waals surface area contributed by atoms with Crippen LogP contribution in [0.1, 0.15) is 23.4 Å². The SMILES string of the molecule is CC(CNc1ncccc1C(F)(F)F)c1nccs1. The summed E-state index contributed by atoms with van der Waals surface area (Å²) < 4.78 is 38.3. The molecule has 0 aliphatic heterocycles. The maximum absolute atomic E-state index is 12.8. The third kappa shape index (κ3) is 3.44. The predicted molar refractivity (Wildman–Crippen MR) is 68.3 cm³/mol. The van der Waals surface area contributed by atoms with Gasteiger partial charge in [0.25, 0.3) is 0 Å². The fourth-order valence-electron chi connectivity index (χ4n) is 1.59. The van der Waals surface area contributed by atoms with E-state index in [9.17, 15) is 13.2 Å². The van der Waals surface area contributed by atoms with Crippen molar-refractivity contribution in [3.8, 4) is 0 Å². The molecular formula is C12H12F3N3S. The highest BCUT2D eigenvalue weighted by molar-refractivity contribution is 7.09. The third-order valence-electron chi connectivity index (χ3n) is 2.56. The smallest absolute Gasteiger partial charge is 0.369 e. The molecule has 0 aliphatic rings. The Hall–Kier alpha value is -1.63. The largest absolute Gasteiger partial charge is 0.419 e. The van der Waals surface area contributed by atoms with E-state index < -0.39 is 11.7 Å². The van der Waals surface area contributed by atoms with E-state index in [-0.39, 0.29) is 11.7 Å². The van der Waals surface area contributed by atoms with Crippen LogP contribution in [0.2, 0.25) is 0 Å². The van der Waals surface area contributed by atoms with E-state index in [0.29, 0.717) is 6.54 Å². The highest BCUT2D eigenvalue weighted by Crippen LogP contribution is 2.33. The van der Waals surface area contributed by atoms with Crippen molar-refractivity contribution < 1.29 is 13.2 Å². The highest BCUT2D eigenvalue weighted by Gasteiger charge is 2.34. The molecule has 2 heterocycles. The fourth-order valence-corrected chi connectivity index (χ4v) is 2.29. The summed E-state index contributed by atoms with van der Waals surface area (Å²) in [4.78, 5) is 7.89. The zero-order chi connectivity index (χ0) is 13.9. The van der Waals surface area contributed by atoms with E-state index in [0.717, 1.165) is 11.1 Å². The average molecular weight is 287 g/mol. The van der Waals surface area contributed by atoms with E-state index in [1.54, 1.807) is 6.20 Å². The number of thiazole rings is 1. The van der Waals surface area contributed by atoms with Gasteiger partial charge in [0.2, 0.25) is 0 Å². The molecule has 2 rings (SSSR count). The van der Waals surface area contributed by atoms with Crippen LogP contribution in [-0.4, -0.2) is 16.5 Å². The van der Waals surface area contributed by atoms with Gasteiger partial charge in [-0.15, -0.1) is 11.3 Å². The lowest BCUT2D eigenvalue weighted by Gasteiger charge is -2.15. The van der Waals surface area contributed by atoms with Crippen molar-refractivity contribution in [3.05, 3.63) is 40.5 Å². The molecule has 19 heavy (non-hydrogen) atoms. The van der Waals surface area contributed by atoms with Gasteiger partial charge >= 0.3 is 6.18 Å². The third-order valence-corrected chi connectivity index (χ3v) is 3.57. The lowest BCUT2D eigenvalue weighted by Crippen LogP contribution is -2.15. The first-order valence-electron chi connectivity index (χ1n) is 5.64. The minimum Gasteiger partial charge on any atom is -0.369 e. The summed E-state index contributed by atoms with van der Waals surface area (Å²) in [5.41, 5.74) is -0.749. The minimum absolute atomic E-state index is 0.0306. The van der Waals surface area contributed by atoms with Gasteiger partial charge in [0.05, 0.1) is 10.6 Å². The maximum Gasteiger partial charge on any atom is 0.419 e. The number of pyridine rings is 1. The number of aromatic nitrogens is 2. The quantitative estimate of drug-likeness (QED) is 0.930. The topological polar surface area (TPSA) is 37.8 Å². The van der Waals surface area contributed by atoms with Crippen LogP contribution in [-0.2, 0) is 6.18 Å². The second-order valence-electron chi connectivity index (χ2n) is 4.05. The monoisotopic (exact) mass is 287 g/mol. The Kier molecular flexibility index (Phi) is 4.04. The first-order valence-corrected chi connectivity index (χ1v) is 6.52. The van der Waals surface area contributed by atoms with Crippen molar-refractivity contribution in [2.45, 2.75) is 19.0 Å². The number of alkyl halides is 3. The molecule has 102 valence electrons. The van der Waals surface area contributed by atoms with Gasteiger partial charge in [0.15, 0.2) is 0 Å². The van der Waals surface area contributed by atoms with Gasteiger partial charge in [-0.25, -0.2) is 9.97 Å². The molecule has 0 aliphatic carbocycles. The van der Waals surface area contributed by atoms with E-state index in [2.05, 4.69) is 15.3 Å². The molecule has 1 atom stereocenters. The van der Waals surface area contributed by atoms with Crippen LogP contribution in [0.15, 0.2) is 29.9 Å². The molecule has 1 unspecified atom stereocenters. The molecule has 3 nitrogen and oxygen atoms in total. The van der Waals surface area contributed by atoms with Gasteiger partial charge < -0.3 is 5.32 Å². The van der Waals surface area contributed by atoms with Gasteiger partial charge in [0.1, 0.15) is 5.82 Å². The van der Waals surface area contributed by atoms with E-state index >= 15 is 0 Å². The lowest BCUT2D eigenvalue weighted by molar-refractivity contribution is -0.137. The number of nitrogens with zero attached hydrogens (tertiary/aromatic N) is 2. The van der Waals surface area contributed by atoms with Crippen LogP contribution in [0.3, 0.4) is 0 Å². The molecule has 0 saturated heterocycles. The fraction of sp³-hybridized carbons (Fsp3) is 0.333. The lowest BCUT2D eigenvalue weighted by atomic mass is 10.2. The first-order chi connectivity index (χ1) is 8.98. The Morgan fingerprint density at radius 1 is 1.32 bits per heavy atom. The Morgan fingerprint density at radius 2 is 2.11 bits per heavy atom. The molecular weight excluding hydrogens is 275 g/mol. The molecule has 7 heteroatoms. The Labute approximate surface area is 112 Å². The summed E-state index contributed by atoms with van der Waals surface area (Å²) in [6.45, 7) is 2.26. The number of halogens is 3. The van der Waals surface area contributed by atoms with Gasteiger partial charge in [-0.3, -0.25) is 0 Å². The zero-order valence-corrected chi connectivity index (χ0v) is 10.9. The molecule has 0 saturated carbocycles. The molecule has 2 aromatic heterocycles. The zero-order valence-electron chi connectivity index (χ0n) is 10.1. The maximum atomic E-state index is 12.8. The van der Waals surface area contributed by atoms with Crippen LogP contribution < -0.4 is 5.32 Å². The average Bonchev–Trinajstić information content (AvgIpc) is 2.89. The Bertz CT molecular complexity index is 525. The highest BCUT2D eigenvalue weighted by atomic mass is 32.1. The van der Waals surface area contributed by atoms with Crippen LogP contribution in [0.25, 0.3) is 0 Å². The minimum atomic E-state index is -4.40. The molecule has 1 N–H and O–H groups in total. The van der Waals surface area contributed by atoms with Crippen molar-refractivity contribution in [3.63, 3.8) is 0 Å². The van der Waals surface area contributed by atoms with Crippen molar-refractivity contribution in [2.24, 2.45) is 0 Å². The molecule has 0 spiro atoms. The van der Waals surface area contributed by atoms with Crippen LogP contribution in [0, 0.1) is 0 Å². The summed E-state index contributed by atoms with van der Waals surface area (Å²) in [5.74, 6) is -0.110. The van der Waals surface area contributed by atoms with Gasteiger partial charge in [-0.2, -0.15) is 13.2 Å². The normalized spacial score (nSPS) is 13.3. The standard InChI is InChI=1S/C12H12F3N3S/c1-8(11-17-5-6-19-11)7-18-10-9(12(13,14)15)3-2-4-16-10/h2-6,8H,7H2,1H3,(H,16,18). The second-order valence-corrected chi connectivity index (χ2v) is 4.98. The van der Waals surface area contributed by atoms with Crippen molar-refractivity contribution in [1.29, 1.82) is 0 Å². The van der Waals surface area contributed by atoms with Crippen molar-refractivity contribution >= 4 is 17.2 Å². The molecule has 0 bridgehead atoms. The summed E-state index contributed by atoms with van der Waals surface area (Å²) in [6, 6.07) is 2.29. The number of anilines is 1. The van der Waals surface area contributed by atoms with Crippen molar-refractivity contribution in [1.82, 2.24) is 9.97 Å². The first kappa shape index (κ1) is 13.8. The van der Waals surface area contributed by atoms with Gasteiger partial charge in [-0.1, -0.05) is 6.92 Å². The van der Waals surface area contributed by atoms with E-state index in [1.807, 2.05) is 12.3 Å². The Balaban J connectivity index is 2.08. The summed E-state index contributed by atoms with van der Waals surface area (Å²) >= 11 is 1.48. The van der Waals surface area contributed by atoms with Crippen molar-refractivity contribution in [2.75, 3.05) is 11.9 Å². The van der Waals surface area contributed by atoms with Crippen LogP contribution in [0.4, 0.5) is 19.0 Å². The summed E-state index contributed by atoms with van der Waals surface area (Å²) in [6.07, 6.45) is -1.38. The molecule has 0 aromatic carbocycles. The van der Waals surface area contributed by atoms with Crippen LogP contribution in [0.5, 0.6) is 0 Å². The predicted octanol–water partition coefficient (Wildman–Crippen LogP) is 3.77. The van der Waals surface area contributed by atoms with E-state index in [4.69, 9.17) is 0 Å². The number of hydrogen-bond donors (Lipinski definition) is 1. The van der Waals surface area contributed by atoms with Gasteiger partial charge in [0, 0.05) is 30.2 Å². The Morgan fingerprint density at radius 3 is 2.74 bits per heavy atom. The number of rotatable bonds is 4. The number of nitrogens with one attached hydrogen (secondary N) is 1. The number of hydrogen-bond acceptors (Lipinski definition) is 4. The molecule has 0 fully saturated rings. The van der Waals surface area contributed by atoms with Crippen LogP contribution >= 0.6 is 11.3 Å². The van der Waals surface area contributed by atoms with Gasteiger partial charge in [-0.05, 0) is 12.1 Å². The second kappa shape index (κ2) is 5.56. The summed E-state index contributed by atoms with van der Waals surface area (Å²) in [7, 11) is 0. The molecule has 0 amide bonds. The summed E-state index contributed by atoms with van der Waals surface area (Å²) in [5, 5.41) is 5.47. The van der Waals surface area contributed by atoms with E-state index in [1.165, 1.54) is 23.6 Å². The molecule has 0 radical (unpaired) electrons.